The Morgan fingerprint density at radius 3 is 2.32 bits per heavy atom. The molecular weight excluding hydrogens is 242 g/mol. The molecule has 0 fully saturated rings. The molecule has 0 heterocycles. The highest BCUT2D eigenvalue weighted by molar-refractivity contribution is 5.35. The highest BCUT2D eigenvalue weighted by Gasteiger charge is 2.09. The molecule has 19 heavy (non-hydrogen) atoms. The Balaban J connectivity index is 2.43. The molecule has 4 nitrogen and oxygen atoms in total. The van der Waals surface area contributed by atoms with Gasteiger partial charge in [0.2, 0.25) is 0 Å². The first-order chi connectivity index (χ1) is 9.02. The fraction of sp³-hybridized carbons (Fsp3) is 0.600. The van der Waals surface area contributed by atoms with E-state index >= 15 is 0 Å². The Labute approximate surface area is 114 Å². The minimum absolute atomic E-state index is 0.0965. The van der Waals surface area contributed by atoms with E-state index in [0.717, 1.165) is 6.42 Å². The van der Waals surface area contributed by atoms with Gasteiger partial charge in [0.05, 0.1) is 11.5 Å². The molecule has 1 atom stereocenters. The maximum Gasteiger partial charge on any atom is 0.269 e. The molecule has 0 N–H and O–H groups in total. The molecular formula is C15H23NO3. The highest BCUT2D eigenvalue weighted by Crippen LogP contribution is 2.20. The summed E-state index contributed by atoms with van der Waals surface area (Å²) < 4.78 is 5.70. The number of rotatable bonds is 8. The van der Waals surface area contributed by atoms with Crippen LogP contribution >= 0.6 is 0 Å². The molecule has 1 unspecified atom stereocenters. The smallest absolute Gasteiger partial charge is 0.269 e. The molecule has 0 aliphatic carbocycles. The van der Waals surface area contributed by atoms with Crippen molar-refractivity contribution in [3.8, 4) is 5.75 Å². The van der Waals surface area contributed by atoms with Gasteiger partial charge in [-0.25, -0.2) is 0 Å². The van der Waals surface area contributed by atoms with Gasteiger partial charge in [0, 0.05) is 12.1 Å². The van der Waals surface area contributed by atoms with Crippen molar-refractivity contribution in [1.82, 2.24) is 0 Å². The van der Waals surface area contributed by atoms with Gasteiger partial charge in [0.15, 0.2) is 0 Å². The second kappa shape index (κ2) is 7.77. The Bertz CT molecular complexity index is 387. The fourth-order valence-electron chi connectivity index (χ4n) is 1.85. The van der Waals surface area contributed by atoms with Crippen LogP contribution in [0.25, 0.3) is 0 Å². The Morgan fingerprint density at radius 1 is 1.21 bits per heavy atom. The van der Waals surface area contributed by atoms with Gasteiger partial charge < -0.3 is 4.74 Å². The van der Waals surface area contributed by atoms with E-state index in [2.05, 4.69) is 20.8 Å². The van der Waals surface area contributed by atoms with Crippen LogP contribution in [-0.2, 0) is 0 Å². The predicted molar refractivity (Wildman–Crippen MR) is 76.4 cm³/mol. The predicted octanol–water partition coefficient (Wildman–Crippen LogP) is 4.44. The second-order valence-electron chi connectivity index (χ2n) is 5.31. The van der Waals surface area contributed by atoms with Gasteiger partial charge in [-0.1, -0.05) is 33.6 Å². The van der Waals surface area contributed by atoms with Gasteiger partial charge in [-0.15, -0.1) is 0 Å². The van der Waals surface area contributed by atoms with E-state index < -0.39 is 4.92 Å². The van der Waals surface area contributed by atoms with Crippen molar-refractivity contribution in [3.05, 3.63) is 34.4 Å². The topological polar surface area (TPSA) is 52.4 Å². The largest absolute Gasteiger partial charge is 0.493 e. The van der Waals surface area contributed by atoms with Crippen molar-refractivity contribution in [2.24, 2.45) is 11.8 Å². The van der Waals surface area contributed by atoms with Crippen molar-refractivity contribution >= 4 is 5.69 Å². The van der Waals surface area contributed by atoms with Crippen LogP contribution in [0.1, 0.15) is 40.0 Å². The lowest BCUT2D eigenvalue weighted by Gasteiger charge is -2.16. The standard InChI is InChI=1S/C15H23NO3/c1-4-13(6-5-12(2)3)11-19-15-9-7-14(8-10-15)16(17)18/h7-10,12-13H,4-6,11H2,1-3H3. The molecule has 0 saturated heterocycles. The summed E-state index contributed by atoms with van der Waals surface area (Å²) in [6.07, 6.45) is 3.48. The number of hydrogen-bond donors (Lipinski definition) is 0. The van der Waals surface area contributed by atoms with Crippen LogP contribution < -0.4 is 4.74 Å². The van der Waals surface area contributed by atoms with Crippen LogP contribution in [0, 0.1) is 22.0 Å². The number of nitro benzene ring substituents is 1. The fourth-order valence-corrected chi connectivity index (χ4v) is 1.85. The van der Waals surface area contributed by atoms with Crippen LogP contribution in [0.3, 0.4) is 0 Å². The van der Waals surface area contributed by atoms with Crippen molar-refractivity contribution in [1.29, 1.82) is 0 Å². The maximum absolute atomic E-state index is 10.5. The van der Waals surface area contributed by atoms with Crippen molar-refractivity contribution in [2.75, 3.05) is 6.61 Å². The first kappa shape index (κ1) is 15.5. The molecule has 0 amide bonds. The molecule has 0 bridgehead atoms. The summed E-state index contributed by atoms with van der Waals surface area (Å²) in [5.41, 5.74) is 0.0965. The van der Waals surface area contributed by atoms with Gasteiger partial charge in [-0.2, -0.15) is 0 Å². The van der Waals surface area contributed by atoms with Gasteiger partial charge in [-0.3, -0.25) is 10.1 Å². The zero-order chi connectivity index (χ0) is 14.3. The van der Waals surface area contributed by atoms with E-state index in [-0.39, 0.29) is 5.69 Å². The Morgan fingerprint density at radius 2 is 1.84 bits per heavy atom. The Kier molecular flexibility index (Phi) is 6.33. The number of hydrogen-bond acceptors (Lipinski definition) is 3. The number of benzene rings is 1. The summed E-state index contributed by atoms with van der Waals surface area (Å²) in [6.45, 7) is 7.30. The van der Waals surface area contributed by atoms with E-state index in [4.69, 9.17) is 4.74 Å². The molecule has 0 spiro atoms. The van der Waals surface area contributed by atoms with E-state index in [1.165, 1.54) is 25.0 Å². The molecule has 0 aliphatic heterocycles. The maximum atomic E-state index is 10.5. The normalized spacial score (nSPS) is 12.4. The Hall–Kier alpha value is -1.58. The van der Waals surface area contributed by atoms with Crippen LogP contribution in [0.15, 0.2) is 24.3 Å². The second-order valence-corrected chi connectivity index (χ2v) is 5.31. The van der Waals surface area contributed by atoms with E-state index in [9.17, 15) is 10.1 Å². The molecule has 0 saturated carbocycles. The highest BCUT2D eigenvalue weighted by atomic mass is 16.6. The third-order valence-electron chi connectivity index (χ3n) is 3.26. The zero-order valence-electron chi connectivity index (χ0n) is 12.0. The lowest BCUT2D eigenvalue weighted by atomic mass is 9.96. The third-order valence-corrected chi connectivity index (χ3v) is 3.26. The van der Waals surface area contributed by atoms with Gasteiger partial charge >= 0.3 is 0 Å². The summed E-state index contributed by atoms with van der Waals surface area (Å²) in [7, 11) is 0. The summed E-state index contributed by atoms with van der Waals surface area (Å²) in [6, 6.07) is 6.27. The number of nitrogens with zero attached hydrogens (tertiary/aromatic N) is 1. The molecule has 0 aliphatic rings. The van der Waals surface area contributed by atoms with E-state index in [0.29, 0.717) is 24.2 Å². The average molecular weight is 265 g/mol. The van der Waals surface area contributed by atoms with Crippen LogP contribution in [0.4, 0.5) is 5.69 Å². The zero-order valence-corrected chi connectivity index (χ0v) is 12.0. The van der Waals surface area contributed by atoms with Crippen molar-refractivity contribution in [2.45, 2.75) is 40.0 Å². The lowest BCUT2D eigenvalue weighted by molar-refractivity contribution is -0.384. The minimum Gasteiger partial charge on any atom is -0.493 e. The molecule has 1 aromatic rings. The minimum atomic E-state index is -0.402. The SMILES string of the molecule is CCC(CCC(C)C)COc1ccc([N+](=O)[O-])cc1. The first-order valence-corrected chi connectivity index (χ1v) is 6.90. The van der Waals surface area contributed by atoms with E-state index in [1.54, 1.807) is 12.1 Å². The molecule has 0 aromatic heterocycles. The van der Waals surface area contributed by atoms with Gasteiger partial charge in [0.25, 0.3) is 5.69 Å². The van der Waals surface area contributed by atoms with Crippen molar-refractivity contribution < 1.29 is 9.66 Å². The van der Waals surface area contributed by atoms with E-state index in [1.807, 2.05) is 0 Å². The third kappa shape index (κ3) is 5.73. The summed E-state index contributed by atoms with van der Waals surface area (Å²) in [5.74, 6) is 1.97. The quantitative estimate of drug-likeness (QED) is 0.516. The van der Waals surface area contributed by atoms with Crippen molar-refractivity contribution in [3.63, 3.8) is 0 Å². The van der Waals surface area contributed by atoms with Crippen LogP contribution in [0.2, 0.25) is 0 Å². The lowest BCUT2D eigenvalue weighted by Crippen LogP contribution is -2.12. The van der Waals surface area contributed by atoms with Crippen LogP contribution in [0.5, 0.6) is 5.75 Å². The number of non-ortho nitro benzene ring substituents is 1. The molecule has 106 valence electrons. The molecule has 0 radical (unpaired) electrons. The molecule has 1 rings (SSSR count). The summed E-state index contributed by atoms with van der Waals surface area (Å²) in [4.78, 5) is 10.1. The average Bonchev–Trinajstić information content (AvgIpc) is 2.39. The monoisotopic (exact) mass is 265 g/mol. The summed E-state index contributed by atoms with van der Waals surface area (Å²) in [5, 5.41) is 10.5. The molecule has 1 aromatic carbocycles. The first-order valence-electron chi connectivity index (χ1n) is 6.90. The van der Waals surface area contributed by atoms with Crippen LogP contribution in [-0.4, -0.2) is 11.5 Å². The number of nitro groups is 1. The number of ether oxygens (including phenoxy) is 1. The molecule has 4 heteroatoms. The van der Waals surface area contributed by atoms with Gasteiger partial charge in [-0.05, 0) is 30.4 Å². The summed E-state index contributed by atoms with van der Waals surface area (Å²) >= 11 is 0. The van der Waals surface area contributed by atoms with Gasteiger partial charge in [0.1, 0.15) is 5.75 Å².